The smallest absolute Gasteiger partial charge is 0.412 e. The minimum atomic E-state index is -1.27. The Bertz CT molecular complexity index is 711. The lowest BCUT2D eigenvalue weighted by molar-refractivity contribution is -0.420. The number of nitrogens with zero attached hydrogens (tertiary/aromatic N) is 2. The predicted octanol–water partition coefficient (Wildman–Crippen LogP) is 1.85. The van der Waals surface area contributed by atoms with Crippen molar-refractivity contribution in [2.75, 3.05) is 13.2 Å². The highest BCUT2D eigenvalue weighted by Gasteiger charge is 2.31. The summed E-state index contributed by atoms with van der Waals surface area (Å²) in [6.07, 6.45) is -1.03. The van der Waals surface area contributed by atoms with Gasteiger partial charge in [-0.1, -0.05) is 0 Å². The fraction of sp³-hybridized carbons (Fsp3) is 0.286. The Labute approximate surface area is 141 Å². The zero-order chi connectivity index (χ0) is 19.0. The van der Waals surface area contributed by atoms with Gasteiger partial charge in [-0.2, -0.15) is 0 Å². The van der Waals surface area contributed by atoms with Gasteiger partial charge in [-0.05, 0) is 26.0 Å². The standard InChI is InChI=1S/C14H15N3O8/c1-3-24-13(18)12(17(22)23)11(15-14(19)25-4-2)9-5-7-10(8-6-9)16(20)21/h5-8H,3-4H2,1-2H3,(H,15,19)/b12-11+. The van der Waals surface area contributed by atoms with Crippen LogP contribution in [0.3, 0.4) is 0 Å². The fourth-order valence-corrected chi connectivity index (χ4v) is 1.75. The molecule has 1 amide bonds. The van der Waals surface area contributed by atoms with E-state index in [1.807, 2.05) is 0 Å². The van der Waals surface area contributed by atoms with E-state index in [4.69, 9.17) is 0 Å². The topological polar surface area (TPSA) is 151 Å². The number of nitrogens with one attached hydrogen (secondary N) is 1. The van der Waals surface area contributed by atoms with Crippen molar-refractivity contribution in [2.24, 2.45) is 0 Å². The number of amides is 1. The molecule has 1 N–H and O–H groups in total. The molecular weight excluding hydrogens is 338 g/mol. The molecule has 0 spiro atoms. The highest BCUT2D eigenvalue weighted by molar-refractivity contribution is 5.97. The van der Waals surface area contributed by atoms with Crippen LogP contribution in [0.4, 0.5) is 10.5 Å². The van der Waals surface area contributed by atoms with Crippen molar-refractivity contribution in [3.8, 4) is 0 Å². The van der Waals surface area contributed by atoms with Crippen molar-refractivity contribution < 1.29 is 28.9 Å². The van der Waals surface area contributed by atoms with Crippen molar-refractivity contribution >= 4 is 23.4 Å². The summed E-state index contributed by atoms with van der Waals surface area (Å²) in [5.41, 5.74) is -1.78. The van der Waals surface area contributed by atoms with Gasteiger partial charge in [-0.3, -0.25) is 25.5 Å². The number of alkyl carbamates (subject to hydrolysis) is 1. The van der Waals surface area contributed by atoms with Gasteiger partial charge >= 0.3 is 17.8 Å². The largest absolute Gasteiger partial charge is 0.458 e. The molecule has 0 atom stereocenters. The van der Waals surface area contributed by atoms with E-state index in [-0.39, 0.29) is 24.5 Å². The minimum absolute atomic E-state index is 0.00148. The summed E-state index contributed by atoms with van der Waals surface area (Å²) in [4.78, 5) is 43.9. The molecule has 0 radical (unpaired) electrons. The van der Waals surface area contributed by atoms with Gasteiger partial charge in [0, 0.05) is 17.7 Å². The number of rotatable bonds is 7. The summed E-state index contributed by atoms with van der Waals surface area (Å²) in [5, 5.41) is 24.1. The molecule has 11 heteroatoms. The first-order valence-corrected chi connectivity index (χ1v) is 7.06. The Kier molecular flexibility index (Phi) is 7.00. The average Bonchev–Trinajstić information content (AvgIpc) is 2.54. The van der Waals surface area contributed by atoms with E-state index >= 15 is 0 Å². The molecule has 134 valence electrons. The molecule has 11 nitrogen and oxygen atoms in total. The Hall–Kier alpha value is -3.50. The van der Waals surface area contributed by atoms with Crippen LogP contribution in [-0.2, 0) is 14.3 Å². The SMILES string of the molecule is CCOC(=O)N/C(=C(\C(=O)OCC)[N+](=O)[O-])c1ccc([N+](=O)[O-])cc1. The molecule has 0 aromatic heterocycles. The molecule has 1 aromatic rings. The second kappa shape index (κ2) is 8.96. The molecule has 0 saturated carbocycles. The van der Waals surface area contributed by atoms with Gasteiger partial charge in [-0.25, -0.2) is 9.59 Å². The van der Waals surface area contributed by atoms with Crippen LogP contribution in [0.15, 0.2) is 30.0 Å². The van der Waals surface area contributed by atoms with Crippen molar-refractivity contribution in [2.45, 2.75) is 13.8 Å². The van der Waals surface area contributed by atoms with Gasteiger partial charge in [0.15, 0.2) is 0 Å². The van der Waals surface area contributed by atoms with Gasteiger partial charge in [0.25, 0.3) is 5.69 Å². The van der Waals surface area contributed by atoms with Crippen molar-refractivity contribution in [3.63, 3.8) is 0 Å². The third-order valence-corrected chi connectivity index (χ3v) is 2.76. The fourth-order valence-electron chi connectivity index (χ4n) is 1.75. The summed E-state index contributed by atoms with van der Waals surface area (Å²) >= 11 is 0. The normalized spacial score (nSPS) is 11.1. The lowest BCUT2D eigenvalue weighted by atomic mass is 10.1. The Morgan fingerprint density at radius 3 is 2.04 bits per heavy atom. The third kappa shape index (κ3) is 5.27. The maximum absolute atomic E-state index is 11.9. The molecule has 1 rings (SSSR count). The van der Waals surface area contributed by atoms with Gasteiger partial charge < -0.3 is 9.47 Å². The third-order valence-electron chi connectivity index (χ3n) is 2.76. The van der Waals surface area contributed by atoms with Crippen LogP contribution in [-0.4, -0.2) is 35.1 Å². The summed E-state index contributed by atoms with van der Waals surface area (Å²) in [6.45, 7) is 2.85. The average molecular weight is 353 g/mol. The monoisotopic (exact) mass is 353 g/mol. The van der Waals surface area contributed by atoms with E-state index in [0.717, 1.165) is 24.3 Å². The number of carbonyl (C=O) groups is 2. The molecule has 0 unspecified atom stereocenters. The number of non-ortho nitro benzene ring substituents is 1. The highest BCUT2D eigenvalue weighted by Crippen LogP contribution is 2.21. The number of hydrogen-bond donors (Lipinski definition) is 1. The Morgan fingerprint density at radius 2 is 1.60 bits per heavy atom. The second-order valence-corrected chi connectivity index (χ2v) is 4.35. The number of nitro groups is 2. The maximum Gasteiger partial charge on any atom is 0.412 e. The molecule has 25 heavy (non-hydrogen) atoms. The molecule has 0 aliphatic rings. The van der Waals surface area contributed by atoms with Crippen LogP contribution in [0.5, 0.6) is 0 Å². The molecule has 0 bridgehead atoms. The van der Waals surface area contributed by atoms with Crippen LogP contribution >= 0.6 is 0 Å². The number of carbonyl (C=O) groups excluding carboxylic acids is 2. The van der Waals surface area contributed by atoms with E-state index < -0.39 is 33.3 Å². The summed E-state index contributed by atoms with van der Waals surface area (Å²) in [6, 6.07) is 4.46. The number of ether oxygens (including phenoxy) is 2. The first kappa shape index (κ1) is 19.5. The van der Waals surface area contributed by atoms with E-state index in [2.05, 4.69) is 14.8 Å². The van der Waals surface area contributed by atoms with E-state index in [0.29, 0.717) is 0 Å². The van der Waals surface area contributed by atoms with Crippen LogP contribution in [0.2, 0.25) is 0 Å². The minimum Gasteiger partial charge on any atom is -0.458 e. The lowest BCUT2D eigenvalue weighted by Gasteiger charge is -2.10. The molecule has 0 fully saturated rings. The molecule has 0 heterocycles. The van der Waals surface area contributed by atoms with Crippen molar-refractivity contribution in [3.05, 3.63) is 55.8 Å². The van der Waals surface area contributed by atoms with Crippen molar-refractivity contribution in [1.82, 2.24) is 5.32 Å². The van der Waals surface area contributed by atoms with E-state index in [9.17, 15) is 29.8 Å². The van der Waals surface area contributed by atoms with Gasteiger partial charge in [0.2, 0.25) is 0 Å². The van der Waals surface area contributed by atoms with Gasteiger partial charge in [0.05, 0.1) is 23.1 Å². The maximum atomic E-state index is 11.9. The lowest BCUT2D eigenvalue weighted by Crippen LogP contribution is -2.28. The number of benzene rings is 1. The van der Waals surface area contributed by atoms with Crippen LogP contribution in [0.25, 0.3) is 5.70 Å². The van der Waals surface area contributed by atoms with Gasteiger partial charge in [-0.15, -0.1) is 0 Å². The first-order chi connectivity index (χ1) is 11.8. The molecule has 0 saturated heterocycles. The molecule has 1 aromatic carbocycles. The quantitative estimate of drug-likeness (QED) is 0.337. The Balaban J connectivity index is 3.46. The Morgan fingerprint density at radius 1 is 1.04 bits per heavy atom. The summed E-state index contributed by atoms with van der Waals surface area (Å²) in [7, 11) is 0. The van der Waals surface area contributed by atoms with Crippen molar-refractivity contribution in [1.29, 1.82) is 0 Å². The second-order valence-electron chi connectivity index (χ2n) is 4.35. The number of nitro benzene ring substituents is 1. The molecular formula is C14H15N3O8. The highest BCUT2D eigenvalue weighted by atomic mass is 16.6. The number of esters is 1. The zero-order valence-corrected chi connectivity index (χ0v) is 13.4. The zero-order valence-electron chi connectivity index (χ0n) is 13.4. The predicted molar refractivity (Wildman–Crippen MR) is 83.8 cm³/mol. The molecule has 0 aliphatic carbocycles. The first-order valence-electron chi connectivity index (χ1n) is 7.06. The van der Waals surface area contributed by atoms with Crippen LogP contribution in [0.1, 0.15) is 19.4 Å². The van der Waals surface area contributed by atoms with E-state index in [1.54, 1.807) is 0 Å². The summed E-state index contributed by atoms with van der Waals surface area (Å²) in [5.74, 6) is -1.27. The van der Waals surface area contributed by atoms with Crippen LogP contribution in [0, 0.1) is 20.2 Å². The summed E-state index contributed by atoms with van der Waals surface area (Å²) < 4.78 is 9.29. The van der Waals surface area contributed by atoms with Gasteiger partial charge in [0.1, 0.15) is 5.70 Å². The molecule has 0 aliphatic heterocycles. The number of hydrogen-bond acceptors (Lipinski definition) is 8. The van der Waals surface area contributed by atoms with Crippen LogP contribution < -0.4 is 5.32 Å². The van der Waals surface area contributed by atoms with E-state index in [1.165, 1.54) is 13.8 Å².